The number of nitrogens with zero attached hydrogens (tertiary/aromatic N) is 4. The Morgan fingerprint density at radius 2 is 2.00 bits per heavy atom. The normalized spacial score (nSPS) is 16.4. The quantitative estimate of drug-likeness (QED) is 0.359. The molecule has 1 aliphatic rings. The molecule has 12 heteroatoms. The van der Waals surface area contributed by atoms with Gasteiger partial charge in [0.1, 0.15) is 6.54 Å². The van der Waals surface area contributed by atoms with Crippen LogP contribution in [0.2, 0.25) is 5.02 Å². The standard InChI is InChI=1S/C24H24ClN5O4S2.3H2/c25-18-2-1-17-7-9-29(22(17)13-18)15-23(32)30-11-10-28(14-20(30)16-31)19-3-5-21(6-4-19)36(33,34)27-24-26-8-12-35-24;;;/h1-9,12-13,20,31H,10-11,14-16H2,(H,26,27);3*1H/t20-;;;/m1.../s1. The van der Waals surface area contributed by atoms with E-state index >= 15 is 0 Å². The van der Waals surface area contributed by atoms with Crippen LogP contribution in [0.25, 0.3) is 10.9 Å². The number of piperazine rings is 1. The molecular weight excluding hydrogens is 522 g/mol. The summed E-state index contributed by atoms with van der Waals surface area (Å²) in [5.74, 6) is -0.0825. The summed E-state index contributed by atoms with van der Waals surface area (Å²) < 4.78 is 29.5. The van der Waals surface area contributed by atoms with Crippen LogP contribution in [0.1, 0.15) is 4.28 Å². The van der Waals surface area contributed by atoms with Crippen molar-refractivity contribution in [3.05, 3.63) is 71.3 Å². The Labute approximate surface area is 222 Å². The molecule has 0 aliphatic carbocycles. The summed E-state index contributed by atoms with van der Waals surface area (Å²) in [6.07, 6.45) is 3.39. The van der Waals surface area contributed by atoms with Crippen molar-refractivity contribution in [3.8, 4) is 0 Å². The second-order valence-electron chi connectivity index (χ2n) is 8.45. The molecule has 194 valence electrons. The number of aromatic nitrogens is 2. The molecule has 5 rings (SSSR count). The first-order chi connectivity index (χ1) is 17.3. The molecule has 1 saturated heterocycles. The van der Waals surface area contributed by atoms with Gasteiger partial charge in [-0.3, -0.25) is 9.52 Å². The van der Waals surface area contributed by atoms with Crippen molar-refractivity contribution in [2.45, 2.75) is 17.5 Å². The number of fused-ring (bicyclic) bond motifs is 1. The predicted molar refractivity (Wildman–Crippen MR) is 147 cm³/mol. The van der Waals surface area contributed by atoms with Crippen LogP contribution in [0.4, 0.5) is 10.8 Å². The molecule has 1 atom stereocenters. The molecule has 4 aromatic rings. The number of hydrogen-bond donors (Lipinski definition) is 2. The molecule has 0 unspecified atom stereocenters. The molecule has 0 bridgehead atoms. The van der Waals surface area contributed by atoms with Crippen molar-refractivity contribution >= 4 is 60.6 Å². The Morgan fingerprint density at radius 3 is 2.72 bits per heavy atom. The van der Waals surface area contributed by atoms with E-state index in [1.54, 1.807) is 34.5 Å². The van der Waals surface area contributed by atoms with E-state index in [1.165, 1.54) is 17.5 Å². The first-order valence-electron chi connectivity index (χ1n) is 11.3. The number of thiazole rings is 1. The zero-order valence-electron chi connectivity index (χ0n) is 19.1. The summed E-state index contributed by atoms with van der Waals surface area (Å²) in [6, 6.07) is 13.7. The Hall–Kier alpha value is -3.12. The Bertz CT molecular complexity index is 1490. The van der Waals surface area contributed by atoms with E-state index in [1.807, 2.05) is 39.9 Å². The van der Waals surface area contributed by atoms with Crippen LogP contribution >= 0.6 is 22.9 Å². The van der Waals surface area contributed by atoms with Crippen LogP contribution in [0, 0.1) is 0 Å². The summed E-state index contributed by atoms with van der Waals surface area (Å²) >= 11 is 7.34. The lowest BCUT2D eigenvalue weighted by molar-refractivity contribution is -0.135. The van der Waals surface area contributed by atoms with Crippen LogP contribution in [0.5, 0.6) is 0 Å². The number of halogens is 1. The van der Waals surface area contributed by atoms with Gasteiger partial charge in [-0.1, -0.05) is 17.7 Å². The van der Waals surface area contributed by atoms with Gasteiger partial charge in [-0.25, -0.2) is 13.4 Å². The average Bonchev–Trinajstić information content (AvgIpc) is 3.53. The lowest BCUT2D eigenvalue weighted by Crippen LogP contribution is -2.57. The number of hydrogen-bond acceptors (Lipinski definition) is 7. The fraction of sp³-hybridized carbons (Fsp3) is 0.250. The van der Waals surface area contributed by atoms with E-state index in [4.69, 9.17) is 11.6 Å². The summed E-state index contributed by atoms with van der Waals surface area (Å²) in [5.41, 5.74) is 1.70. The molecule has 1 amide bonds. The Balaban J connectivity index is 0.00000178. The van der Waals surface area contributed by atoms with E-state index in [0.717, 1.165) is 16.6 Å². The average molecular weight is 552 g/mol. The molecule has 9 nitrogen and oxygen atoms in total. The first-order valence-corrected chi connectivity index (χ1v) is 14.0. The molecule has 3 heterocycles. The second kappa shape index (κ2) is 10.1. The first kappa shape index (κ1) is 24.6. The molecule has 2 aromatic heterocycles. The third-order valence-corrected chi connectivity index (χ3v) is 8.63. The van der Waals surface area contributed by atoms with Gasteiger partial charge in [0.25, 0.3) is 10.0 Å². The van der Waals surface area contributed by atoms with Gasteiger partial charge in [0.15, 0.2) is 5.13 Å². The van der Waals surface area contributed by atoms with Gasteiger partial charge < -0.3 is 19.5 Å². The highest BCUT2D eigenvalue weighted by atomic mass is 35.5. The highest BCUT2D eigenvalue weighted by Crippen LogP contribution is 2.25. The van der Waals surface area contributed by atoms with Crippen molar-refractivity contribution in [3.63, 3.8) is 0 Å². The number of rotatable bonds is 7. The number of amides is 1. The Kier molecular flexibility index (Phi) is 6.89. The number of benzene rings is 2. The van der Waals surface area contributed by atoms with E-state index in [0.29, 0.717) is 29.8 Å². The number of sulfonamides is 1. The van der Waals surface area contributed by atoms with Crippen molar-refractivity contribution in [2.75, 3.05) is 35.9 Å². The molecule has 2 N–H and O–H groups in total. The molecule has 0 radical (unpaired) electrons. The second-order valence-corrected chi connectivity index (χ2v) is 11.5. The van der Waals surface area contributed by atoms with Gasteiger partial charge in [0.2, 0.25) is 5.91 Å². The van der Waals surface area contributed by atoms with Crippen LogP contribution in [-0.2, 0) is 21.4 Å². The van der Waals surface area contributed by atoms with Gasteiger partial charge in [-0.2, -0.15) is 0 Å². The van der Waals surface area contributed by atoms with E-state index < -0.39 is 10.0 Å². The number of aliphatic hydroxyl groups excluding tert-OH is 1. The van der Waals surface area contributed by atoms with E-state index in [2.05, 4.69) is 9.71 Å². The van der Waals surface area contributed by atoms with Gasteiger partial charge in [-0.05, 0) is 47.9 Å². The van der Waals surface area contributed by atoms with Gasteiger partial charge in [-0.15, -0.1) is 11.3 Å². The van der Waals surface area contributed by atoms with Gasteiger partial charge in [0.05, 0.1) is 17.5 Å². The molecule has 0 spiro atoms. The molecule has 0 saturated carbocycles. The number of anilines is 2. The summed E-state index contributed by atoms with van der Waals surface area (Å²) in [6.45, 7) is 1.41. The minimum Gasteiger partial charge on any atom is -0.394 e. The van der Waals surface area contributed by atoms with Crippen molar-refractivity contribution in [1.82, 2.24) is 14.5 Å². The van der Waals surface area contributed by atoms with Crippen LogP contribution in [-0.4, -0.2) is 66.2 Å². The molecule has 36 heavy (non-hydrogen) atoms. The maximum Gasteiger partial charge on any atom is 0.263 e. The monoisotopic (exact) mass is 551 g/mol. The summed E-state index contributed by atoms with van der Waals surface area (Å²) in [5, 5.41) is 13.7. The predicted octanol–water partition coefficient (Wildman–Crippen LogP) is 4.00. The maximum atomic E-state index is 13.2. The smallest absolute Gasteiger partial charge is 0.263 e. The van der Waals surface area contributed by atoms with E-state index in [-0.39, 0.29) is 34.3 Å². The van der Waals surface area contributed by atoms with Crippen molar-refractivity contribution < 1.29 is 22.6 Å². The van der Waals surface area contributed by atoms with Gasteiger partial charge >= 0.3 is 0 Å². The van der Waals surface area contributed by atoms with Crippen LogP contribution in [0.15, 0.2) is 71.2 Å². The molecule has 2 aromatic carbocycles. The lowest BCUT2D eigenvalue weighted by Gasteiger charge is -2.42. The van der Waals surface area contributed by atoms with Gasteiger partial charge in [0, 0.05) is 57.9 Å². The minimum absolute atomic E-state index is 0. The largest absolute Gasteiger partial charge is 0.394 e. The minimum atomic E-state index is -3.73. The number of nitrogens with one attached hydrogen (secondary N) is 1. The Morgan fingerprint density at radius 1 is 1.19 bits per heavy atom. The molecule has 1 aliphatic heterocycles. The zero-order valence-corrected chi connectivity index (χ0v) is 21.5. The topological polar surface area (TPSA) is 108 Å². The fourth-order valence-electron chi connectivity index (χ4n) is 4.39. The van der Waals surface area contributed by atoms with E-state index in [9.17, 15) is 18.3 Å². The van der Waals surface area contributed by atoms with Crippen LogP contribution < -0.4 is 9.62 Å². The third-order valence-electron chi connectivity index (χ3n) is 6.22. The molecule has 1 fully saturated rings. The molecular formula is C24H30ClN5O4S2. The summed E-state index contributed by atoms with van der Waals surface area (Å²) in [7, 11) is -3.73. The highest BCUT2D eigenvalue weighted by Gasteiger charge is 2.30. The zero-order chi connectivity index (χ0) is 25.3. The van der Waals surface area contributed by atoms with Crippen molar-refractivity contribution in [1.29, 1.82) is 0 Å². The van der Waals surface area contributed by atoms with Crippen molar-refractivity contribution in [2.24, 2.45) is 0 Å². The number of aliphatic hydroxyl groups is 1. The third kappa shape index (κ3) is 5.05. The highest BCUT2D eigenvalue weighted by molar-refractivity contribution is 7.93. The number of carbonyl (C=O) groups excluding carboxylic acids is 1. The lowest BCUT2D eigenvalue weighted by atomic mass is 10.1. The summed E-state index contributed by atoms with van der Waals surface area (Å²) in [4.78, 5) is 21.0. The van der Waals surface area contributed by atoms with Crippen LogP contribution in [0.3, 0.4) is 0 Å². The maximum absolute atomic E-state index is 13.2. The SMILES string of the molecule is O=C(Cn1ccc2ccc(Cl)cc21)N1CCN(c2ccc(S(=O)(=O)Nc3nccs3)cc2)C[C@@H]1CO.[HH].[HH].[HH]. The number of carbonyl (C=O) groups is 1. The fourth-order valence-corrected chi connectivity index (χ4v) is 6.34.